The van der Waals surface area contributed by atoms with Crippen LogP contribution in [0.4, 0.5) is 10.7 Å². The number of aromatic nitrogens is 2. The van der Waals surface area contributed by atoms with E-state index in [1.165, 1.54) is 11.3 Å². The number of aromatic amines is 1. The van der Waals surface area contributed by atoms with Crippen molar-refractivity contribution >= 4 is 27.9 Å². The number of rotatable bonds is 6. The molecule has 1 saturated carbocycles. The summed E-state index contributed by atoms with van der Waals surface area (Å²) >= 11 is 1.31. The lowest BCUT2D eigenvalue weighted by Gasteiger charge is -2.05. The molecule has 2 aromatic rings. The average Bonchev–Trinajstić information content (AvgIpc) is 3.02. The maximum Gasteiger partial charge on any atom is 0.263 e. The number of hydrogen-bond acceptors (Lipinski definition) is 6. The number of carbonyl (C=O) groups excluding carboxylic acids is 1. The molecule has 1 aliphatic carbocycles. The molecule has 1 fully saturated rings. The van der Waals surface area contributed by atoms with E-state index in [0.717, 1.165) is 23.4 Å². The number of amides is 1. The zero-order chi connectivity index (χ0) is 14.8. The Morgan fingerprint density at radius 3 is 3.05 bits per heavy atom. The van der Waals surface area contributed by atoms with Crippen molar-refractivity contribution in [1.29, 1.82) is 0 Å². The van der Waals surface area contributed by atoms with Crippen LogP contribution in [0.1, 0.15) is 28.1 Å². The summed E-state index contributed by atoms with van der Waals surface area (Å²) in [5, 5.41) is 13.5. The van der Waals surface area contributed by atoms with Gasteiger partial charge < -0.3 is 21.1 Å². The van der Waals surface area contributed by atoms with Crippen LogP contribution < -0.4 is 21.1 Å². The molecule has 0 spiro atoms. The number of nitrogens with one attached hydrogen (secondary N) is 3. The van der Waals surface area contributed by atoms with Crippen molar-refractivity contribution in [2.24, 2.45) is 0 Å². The fraction of sp³-hybridized carbons (Fsp3) is 0.385. The number of nitrogens with zero attached hydrogens (tertiary/aromatic N) is 1. The van der Waals surface area contributed by atoms with Gasteiger partial charge in [0.25, 0.3) is 5.91 Å². The molecule has 0 bridgehead atoms. The van der Waals surface area contributed by atoms with Crippen LogP contribution in [0, 0.1) is 0 Å². The van der Waals surface area contributed by atoms with E-state index < -0.39 is 0 Å². The Kier molecular flexibility index (Phi) is 3.70. The van der Waals surface area contributed by atoms with Gasteiger partial charge in [-0.25, -0.2) is 0 Å². The number of anilines is 2. The molecule has 7 nitrogen and oxygen atoms in total. The van der Waals surface area contributed by atoms with Gasteiger partial charge in [-0.05, 0) is 12.8 Å². The molecule has 0 atom stereocenters. The van der Waals surface area contributed by atoms with Gasteiger partial charge in [-0.15, -0.1) is 11.3 Å². The van der Waals surface area contributed by atoms with Gasteiger partial charge in [0.2, 0.25) is 0 Å². The molecule has 112 valence electrons. The van der Waals surface area contributed by atoms with Crippen LogP contribution in [0.15, 0.2) is 12.4 Å². The third kappa shape index (κ3) is 2.94. The second-order valence-electron chi connectivity index (χ2n) is 4.92. The summed E-state index contributed by atoms with van der Waals surface area (Å²) in [5.74, 6) is 0.388. The first-order valence-corrected chi connectivity index (χ1v) is 7.49. The quantitative estimate of drug-likeness (QED) is 0.648. The van der Waals surface area contributed by atoms with Crippen LogP contribution in [0.5, 0.6) is 5.75 Å². The van der Waals surface area contributed by atoms with E-state index in [4.69, 9.17) is 10.5 Å². The molecule has 21 heavy (non-hydrogen) atoms. The lowest BCUT2D eigenvalue weighted by Crippen LogP contribution is -2.25. The number of hydrogen-bond donors (Lipinski definition) is 4. The van der Waals surface area contributed by atoms with Gasteiger partial charge in [-0.2, -0.15) is 5.10 Å². The van der Waals surface area contributed by atoms with Crippen molar-refractivity contribution in [2.45, 2.75) is 25.4 Å². The van der Waals surface area contributed by atoms with Crippen molar-refractivity contribution in [3.8, 4) is 5.75 Å². The first-order valence-electron chi connectivity index (χ1n) is 6.67. The van der Waals surface area contributed by atoms with Gasteiger partial charge in [-0.3, -0.25) is 9.89 Å². The second kappa shape index (κ2) is 5.65. The predicted molar refractivity (Wildman–Crippen MR) is 81.7 cm³/mol. The van der Waals surface area contributed by atoms with Gasteiger partial charge in [-0.1, -0.05) is 0 Å². The molecule has 1 aliphatic rings. The molecular weight excluding hydrogens is 290 g/mol. The smallest absolute Gasteiger partial charge is 0.263 e. The van der Waals surface area contributed by atoms with Crippen molar-refractivity contribution in [3.63, 3.8) is 0 Å². The molecule has 0 radical (unpaired) electrons. The molecule has 0 aliphatic heterocycles. The fourth-order valence-corrected chi connectivity index (χ4v) is 2.94. The van der Waals surface area contributed by atoms with Crippen LogP contribution in [0.3, 0.4) is 0 Å². The molecule has 3 rings (SSSR count). The van der Waals surface area contributed by atoms with E-state index in [1.807, 2.05) is 0 Å². The lowest BCUT2D eigenvalue weighted by molar-refractivity contribution is 0.0956. The minimum absolute atomic E-state index is 0.130. The van der Waals surface area contributed by atoms with E-state index in [2.05, 4.69) is 20.8 Å². The number of H-pyrrole nitrogens is 1. The summed E-state index contributed by atoms with van der Waals surface area (Å²) in [6.45, 7) is 0.580. The predicted octanol–water partition coefficient (Wildman–Crippen LogP) is 1.57. The molecule has 2 heterocycles. The fourth-order valence-electron chi connectivity index (χ4n) is 1.95. The van der Waals surface area contributed by atoms with Gasteiger partial charge in [0.1, 0.15) is 15.6 Å². The van der Waals surface area contributed by atoms with E-state index in [9.17, 15) is 4.79 Å². The molecule has 2 aromatic heterocycles. The van der Waals surface area contributed by atoms with Gasteiger partial charge in [0.15, 0.2) is 5.75 Å². The summed E-state index contributed by atoms with van der Waals surface area (Å²) in [6, 6.07) is 0.298. The Bertz CT molecular complexity index is 633. The first kappa shape index (κ1) is 13.7. The summed E-state index contributed by atoms with van der Waals surface area (Å²) in [5.41, 5.74) is 7.42. The topological polar surface area (TPSA) is 105 Å². The van der Waals surface area contributed by atoms with Gasteiger partial charge in [0, 0.05) is 24.3 Å². The van der Waals surface area contributed by atoms with Crippen LogP contribution in [0.2, 0.25) is 0 Å². The molecule has 0 saturated heterocycles. The van der Waals surface area contributed by atoms with Crippen molar-refractivity contribution < 1.29 is 9.53 Å². The molecule has 8 heteroatoms. The van der Waals surface area contributed by atoms with E-state index in [-0.39, 0.29) is 5.91 Å². The number of ether oxygens (including phenoxy) is 1. The standard InChI is InChI=1S/C13H17N5O2S/c1-20-10-9(14)11(12(19)18-8-2-3-8)21-13(10)15-4-7-5-16-17-6-7/h5-6,8,15H,2-4,14H2,1H3,(H,16,17)(H,18,19). The summed E-state index contributed by atoms with van der Waals surface area (Å²) in [6.07, 6.45) is 5.62. The van der Waals surface area contributed by atoms with E-state index in [1.54, 1.807) is 19.5 Å². The largest absolute Gasteiger partial charge is 0.492 e. The monoisotopic (exact) mass is 307 g/mol. The maximum atomic E-state index is 12.2. The van der Waals surface area contributed by atoms with Crippen LogP contribution in [-0.2, 0) is 6.54 Å². The second-order valence-corrected chi connectivity index (χ2v) is 5.94. The highest BCUT2D eigenvalue weighted by molar-refractivity contribution is 7.19. The van der Waals surface area contributed by atoms with Crippen LogP contribution >= 0.6 is 11.3 Å². The number of nitrogen functional groups attached to an aromatic ring is 1. The SMILES string of the molecule is COc1c(NCc2cn[nH]c2)sc(C(=O)NC2CC2)c1N. The third-order valence-electron chi connectivity index (χ3n) is 3.23. The summed E-state index contributed by atoms with van der Waals surface area (Å²) < 4.78 is 5.32. The number of thiophene rings is 1. The number of nitrogens with two attached hydrogens (primary N) is 1. The molecule has 0 unspecified atom stereocenters. The minimum atomic E-state index is -0.130. The molecule has 0 aromatic carbocycles. The van der Waals surface area contributed by atoms with Crippen molar-refractivity contribution in [1.82, 2.24) is 15.5 Å². The third-order valence-corrected chi connectivity index (χ3v) is 4.37. The normalized spacial score (nSPS) is 14.0. The van der Waals surface area contributed by atoms with Gasteiger partial charge >= 0.3 is 0 Å². The lowest BCUT2D eigenvalue weighted by atomic mass is 10.3. The highest BCUT2D eigenvalue weighted by atomic mass is 32.1. The van der Waals surface area contributed by atoms with Crippen molar-refractivity contribution in [3.05, 3.63) is 22.8 Å². The highest BCUT2D eigenvalue weighted by Gasteiger charge is 2.27. The Morgan fingerprint density at radius 2 is 2.43 bits per heavy atom. The van der Waals surface area contributed by atoms with E-state index in [0.29, 0.717) is 28.9 Å². The Balaban J connectivity index is 1.77. The Labute approximate surface area is 125 Å². The summed E-state index contributed by atoms with van der Waals surface area (Å²) in [7, 11) is 1.55. The summed E-state index contributed by atoms with van der Waals surface area (Å²) in [4.78, 5) is 12.6. The number of methoxy groups -OCH3 is 1. The van der Waals surface area contributed by atoms with Crippen molar-refractivity contribution in [2.75, 3.05) is 18.2 Å². The number of carbonyl (C=O) groups is 1. The average molecular weight is 307 g/mol. The van der Waals surface area contributed by atoms with Crippen LogP contribution in [0.25, 0.3) is 0 Å². The van der Waals surface area contributed by atoms with Crippen LogP contribution in [-0.4, -0.2) is 29.3 Å². The highest BCUT2D eigenvalue weighted by Crippen LogP contribution is 2.42. The Morgan fingerprint density at radius 1 is 1.62 bits per heavy atom. The maximum absolute atomic E-state index is 12.2. The first-order chi connectivity index (χ1) is 10.2. The molecular formula is C13H17N5O2S. The molecule has 1 amide bonds. The Hall–Kier alpha value is -2.22. The zero-order valence-corrected chi connectivity index (χ0v) is 12.4. The minimum Gasteiger partial charge on any atom is -0.492 e. The van der Waals surface area contributed by atoms with Gasteiger partial charge in [0.05, 0.1) is 13.3 Å². The molecule has 5 N–H and O–H groups in total. The van der Waals surface area contributed by atoms with E-state index >= 15 is 0 Å². The zero-order valence-electron chi connectivity index (χ0n) is 11.6.